The van der Waals surface area contributed by atoms with Crippen molar-refractivity contribution in [3.63, 3.8) is 0 Å². The van der Waals surface area contributed by atoms with Crippen molar-refractivity contribution in [3.05, 3.63) is 95.6 Å². The Bertz CT molecular complexity index is 1770. The number of ether oxygens (including phenoxy) is 3. The van der Waals surface area contributed by atoms with E-state index in [9.17, 15) is 24.3 Å². The fraction of sp³-hybridized carbons (Fsp3) is 0.560. The fourth-order valence-electron chi connectivity index (χ4n) is 4.88. The predicted octanol–water partition coefficient (Wildman–Crippen LogP) is 11.3. The van der Waals surface area contributed by atoms with Crippen LogP contribution in [0.5, 0.6) is 5.75 Å². The maximum Gasteiger partial charge on any atom is 0.347 e. The molecule has 1 heterocycles. The van der Waals surface area contributed by atoms with Gasteiger partial charge in [-0.15, -0.1) is 0 Å². The Morgan fingerprint density at radius 1 is 0.717 bits per heavy atom. The molecule has 0 aliphatic carbocycles. The number of hydrogen-bond donors (Lipinski definition) is 3. The molecule has 1 amide bonds. The molecule has 0 aromatic heterocycles. The van der Waals surface area contributed by atoms with Crippen LogP contribution in [-0.2, 0) is 39.0 Å². The Labute approximate surface area is 360 Å². The third-order valence-electron chi connectivity index (χ3n) is 11.0. The van der Waals surface area contributed by atoms with E-state index in [1.165, 1.54) is 5.56 Å². The SMILES string of the molecule is CCC(C)(C)C(=O)Nc1ccc(O)cc1.CCC(C)(C)C(=O)OC(C)(C)C.CCC(C)(C)C(=O)OC1CCOC1=O.CCC(C)c1ccc(C(C)(O)c2ccccc2)cc1. The van der Waals surface area contributed by atoms with Gasteiger partial charge in [0.15, 0.2) is 0 Å². The van der Waals surface area contributed by atoms with Crippen molar-refractivity contribution in [3.8, 4) is 5.75 Å². The summed E-state index contributed by atoms with van der Waals surface area (Å²) in [5.74, 6) is -0.110. The molecule has 0 bridgehead atoms. The highest BCUT2D eigenvalue weighted by atomic mass is 16.6. The second-order valence-corrected chi connectivity index (χ2v) is 18.4. The molecule has 3 unspecified atom stereocenters. The highest BCUT2D eigenvalue weighted by Gasteiger charge is 2.35. The molecule has 0 spiro atoms. The molecule has 10 nitrogen and oxygen atoms in total. The Balaban J connectivity index is 0.000000406. The molecule has 3 atom stereocenters. The molecule has 4 rings (SSSR count). The monoisotopic (exact) mass is 834 g/mol. The Morgan fingerprint density at radius 3 is 1.63 bits per heavy atom. The van der Waals surface area contributed by atoms with Crippen molar-refractivity contribution in [2.24, 2.45) is 16.2 Å². The van der Waals surface area contributed by atoms with Crippen molar-refractivity contribution in [1.82, 2.24) is 0 Å². The van der Waals surface area contributed by atoms with E-state index in [1.54, 1.807) is 38.1 Å². The molecule has 1 fully saturated rings. The average Bonchev–Trinajstić information content (AvgIpc) is 3.62. The minimum absolute atomic E-state index is 0.00399. The van der Waals surface area contributed by atoms with Crippen molar-refractivity contribution in [1.29, 1.82) is 0 Å². The van der Waals surface area contributed by atoms with Gasteiger partial charge in [-0.05, 0) is 128 Å². The van der Waals surface area contributed by atoms with E-state index >= 15 is 0 Å². The van der Waals surface area contributed by atoms with E-state index in [1.807, 2.05) is 119 Å². The first-order chi connectivity index (χ1) is 27.7. The average molecular weight is 834 g/mol. The van der Waals surface area contributed by atoms with Crippen LogP contribution >= 0.6 is 0 Å². The third-order valence-corrected chi connectivity index (χ3v) is 11.0. The number of anilines is 1. The number of cyclic esters (lactones) is 1. The van der Waals surface area contributed by atoms with E-state index in [0.29, 0.717) is 31.1 Å². The van der Waals surface area contributed by atoms with Gasteiger partial charge in [0.2, 0.25) is 12.0 Å². The van der Waals surface area contributed by atoms with Crippen molar-refractivity contribution < 1.29 is 43.6 Å². The van der Waals surface area contributed by atoms with E-state index < -0.39 is 23.1 Å². The summed E-state index contributed by atoms with van der Waals surface area (Å²) in [6.07, 6.45) is 3.21. The summed E-state index contributed by atoms with van der Waals surface area (Å²) in [7, 11) is 0. The number of esters is 3. The van der Waals surface area contributed by atoms with Gasteiger partial charge in [-0.2, -0.15) is 0 Å². The smallest absolute Gasteiger partial charge is 0.347 e. The Morgan fingerprint density at radius 2 is 1.20 bits per heavy atom. The van der Waals surface area contributed by atoms with Gasteiger partial charge < -0.3 is 29.7 Å². The number of phenols is 1. The van der Waals surface area contributed by atoms with E-state index in [-0.39, 0.29) is 40.0 Å². The maximum absolute atomic E-state index is 11.8. The number of hydrogen-bond acceptors (Lipinski definition) is 9. The zero-order valence-electron chi connectivity index (χ0n) is 39.2. The summed E-state index contributed by atoms with van der Waals surface area (Å²) in [6.45, 7) is 29.4. The molecule has 334 valence electrons. The van der Waals surface area contributed by atoms with Gasteiger partial charge in [0, 0.05) is 17.5 Å². The number of benzene rings is 3. The highest BCUT2D eigenvalue weighted by Crippen LogP contribution is 2.31. The molecule has 10 heteroatoms. The number of aromatic hydroxyl groups is 1. The number of nitrogens with one attached hydrogen (secondary N) is 1. The molecule has 3 aromatic rings. The van der Waals surface area contributed by atoms with Gasteiger partial charge >= 0.3 is 17.9 Å². The van der Waals surface area contributed by atoms with Gasteiger partial charge in [-0.1, -0.05) is 103 Å². The fourth-order valence-corrected chi connectivity index (χ4v) is 4.88. The lowest BCUT2D eigenvalue weighted by molar-refractivity contribution is -0.167. The predicted molar refractivity (Wildman–Crippen MR) is 241 cm³/mol. The maximum atomic E-state index is 11.8. The number of rotatable bonds is 12. The van der Waals surface area contributed by atoms with Crippen LogP contribution in [0.2, 0.25) is 0 Å². The molecule has 60 heavy (non-hydrogen) atoms. The number of carbonyl (C=O) groups is 4. The molecule has 0 radical (unpaired) electrons. The van der Waals surface area contributed by atoms with E-state index in [4.69, 9.17) is 19.3 Å². The van der Waals surface area contributed by atoms with Gasteiger partial charge in [0.25, 0.3) is 0 Å². The van der Waals surface area contributed by atoms with Gasteiger partial charge in [0.1, 0.15) is 17.0 Å². The highest BCUT2D eigenvalue weighted by molar-refractivity contribution is 5.94. The molecule has 1 aliphatic rings. The van der Waals surface area contributed by atoms with Crippen LogP contribution in [0.25, 0.3) is 0 Å². The summed E-state index contributed by atoms with van der Waals surface area (Å²) in [4.78, 5) is 45.9. The van der Waals surface area contributed by atoms with Gasteiger partial charge in [-0.25, -0.2) is 4.79 Å². The topological polar surface area (TPSA) is 148 Å². The molecular weight excluding hydrogens is 759 g/mol. The molecule has 1 saturated heterocycles. The number of carbonyl (C=O) groups excluding carboxylic acids is 4. The largest absolute Gasteiger partial charge is 0.508 e. The summed E-state index contributed by atoms with van der Waals surface area (Å²) in [6, 6.07) is 24.6. The number of aliphatic hydroxyl groups is 1. The third kappa shape index (κ3) is 17.5. The first-order valence-electron chi connectivity index (χ1n) is 21.3. The standard InChI is InChI=1S/C18H22O.C12H17NO2.C10H16O4.C10H20O2/c1-4-14(2)15-10-12-17(13-11-15)18(3,19)16-8-6-5-7-9-16;1-4-12(2,3)11(15)13-9-5-7-10(14)8-6-9;1-4-10(2,3)9(12)14-7-5-6-13-8(7)11;1-7-10(5,6)8(11)12-9(2,3)4/h5-14,19H,4H2,1-3H3;5-8,14H,4H2,1-3H3,(H,13,15);7H,4-6H2,1-3H3;7H2,1-6H3. The van der Waals surface area contributed by atoms with Crippen LogP contribution in [0.1, 0.15) is 159 Å². The second kappa shape index (κ2) is 23.3. The summed E-state index contributed by atoms with van der Waals surface area (Å²) in [5, 5.41) is 22.6. The first-order valence-corrected chi connectivity index (χ1v) is 21.3. The minimum atomic E-state index is -0.935. The quantitative estimate of drug-likeness (QED) is 0.0921. The second-order valence-electron chi connectivity index (χ2n) is 18.4. The lowest BCUT2D eigenvalue weighted by Crippen LogP contribution is -2.33. The molecule has 0 saturated carbocycles. The van der Waals surface area contributed by atoms with E-state index in [2.05, 4.69) is 31.3 Å². The van der Waals surface area contributed by atoms with Crippen LogP contribution < -0.4 is 5.32 Å². The van der Waals surface area contributed by atoms with Crippen LogP contribution in [0.3, 0.4) is 0 Å². The van der Waals surface area contributed by atoms with Crippen LogP contribution in [0, 0.1) is 16.2 Å². The molecular formula is C50H75NO9. The lowest BCUT2D eigenvalue weighted by Gasteiger charge is -2.27. The number of amides is 1. The molecule has 3 N–H and O–H groups in total. The molecule has 3 aromatic carbocycles. The molecule has 1 aliphatic heterocycles. The zero-order valence-corrected chi connectivity index (χ0v) is 39.2. The Hall–Kier alpha value is -4.70. The number of phenolic OH excluding ortho intramolecular Hbond substituents is 1. The van der Waals surface area contributed by atoms with Gasteiger partial charge in [-0.3, -0.25) is 14.4 Å². The normalized spacial score (nSPS) is 15.5. The van der Waals surface area contributed by atoms with Crippen LogP contribution in [-0.4, -0.2) is 52.3 Å². The van der Waals surface area contributed by atoms with Crippen LogP contribution in [0.4, 0.5) is 5.69 Å². The van der Waals surface area contributed by atoms with Crippen molar-refractivity contribution in [2.45, 2.75) is 159 Å². The summed E-state index contributed by atoms with van der Waals surface area (Å²) < 4.78 is 15.0. The summed E-state index contributed by atoms with van der Waals surface area (Å²) >= 11 is 0. The summed E-state index contributed by atoms with van der Waals surface area (Å²) in [5.41, 5.74) is 1.35. The van der Waals surface area contributed by atoms with Crippen LogP contribution in [0.15, 0.2) is 78.9 Å². The minimum Gasteiger partial charge on any atom is -0.508 e. The zero-order chi connectivity index (χ0) is 46.1. The van der Waals surface area contributed by atoms with E-state index in [0.717, 1.165) is 30.4 Å². The first kappa shape index (κ1) is 53.3. The lowest BCUT2D eigenvalue weighted by atomic mass is 9.87. The van der Waals surface area contributed by atoms with Crippen molar-refractivity contribution >= 4 is 29.5 Å². The Kier molecular flexibility index (Phi) is 20.7. The van der Waals surface area contributed by atoms with Gasteiger partial charge in [0.05, 0.1) is 17.4 Å². The van der Waals surface area contributed by atoms with Crippen molar-refractivity contribution in [2.75, 3.05) is 11.9 Å².